The number of hydrogen-bond donors (Lipinski definition) is 1. The molecule has 0 aliphatic carbocycles. The number of aryl methyl sites for hydroxylation is 2. The molecule has 0 bridgehead atoms. The van der Waals surface area contributed by atoms with E-state index in [0.717, 1.165) is 5.56 Å². The van der Waals surface area contributed by atoms with Crippen LogP contribution in [0.15, 0.2) is 18.2 Å². The van der Waals surface area contributed by atoms with Gasteiger partial charge in [0.1, 0.15) is 6.04 Å². The third-order valence-electron chi connectivity index (χ3n) is 3.21. The summed E-state index contributed by atoms with van der Waals surface area (Å²) in [7, 11) is 0. The van der Waals surface area contributed by atoms with Crippen molar-refractivity contribution >= 4 is 11.9 Å². The number of amides is 1. The predicted molar refractivity (Wildman–Crippen MR) is 67.1 cm³/mol. The van der Waals surface area contributed by atoms with Crippen LogP contribution >= 0.6 is 0 Å². The summed E-state index contributed by atoms with van der Waals surface area (Å²) in [5.41, 5.74) is 3.33. The number of carbonyl (C=O) groups excluding carboxylic acids is 2. The molecular formula is C14H17NO3. The van der Waals surface area contributed by atoms with Crippen LogP contribution in [0.1, 0.15) is 23.1 Å². The van der Waals surface area contributed by atoms with Gasteiger partial charge in [0.05, 0.1) is 13.0 Å². The Labute approximate surface area is 106 Å². The lowest BCUT2D eigenvalue weighted by Crippen LogP contribution is -2.38. The summed E-state index contributed by atoms with van der Waals surface area (Å²) in [6.07, 6.45) is 0.863. The molecule has 1 unspecified atom stereocenters. The van der Waals surface area contributed by atoms with Gasteiger partial charge in [0.25, 0.3) is 0 Å². The summed E-state index contributed by atoms with van der Waals surface area (Å²) < 4.78 is 4.80. The first-order valence-electron chi connectivity index (χ1n) is 6.08. The standard InChI is InChI=1S/C14H17NO3/c1-9-3-4-11(7-10(9)2)8-13(16)15-12-5-6-18-14(12)17/h3-4,7,12H,5-6,8H2,1-2H3,(H,15,16). The summed E-state index contributed by atoms with van der Waals surface area (Å²) in [6, 6.07) is 5.47. The van der Waals surface area contributed by atoms with Crippen LogP contribution in [-0.4, -0.2) is 24.5 Å². The summed E-state index contributed by atoms with van der Waals surface area (Å²) in [4.78, 5) is 23.0. The highest BCUT2D eigenvalue weighted by Gasteiger charge is 2.27. The molecule has 1 amide bonds. The summed E-state index contributed by atoms with van der Waals surface area (Å²) in [5, 5.41) is 2.70. The van der Waals surface area contributed by atoms with Crippen molar-refractivity contribution in [2.75, 3.05) is 6.61 Å². The molecule has 1 aliphatic heterocycles. The molecule has 4 nitrogen and oxygen atoms in total. The molecule has 96 valence electrons. The third-order valence-corrected chi connectivity index (χ3v) is 3.21. The normalized spacial score (nSPS) is 18.6. The molecule has 1 aromatic rings. The summed E-state index contributed by atoms with van der Waals surface area (Å²) >= 11 is 0. The van der Waals surface area contributed by atoms with Gasteiger partial charge in [-0.25, -0.2) is 4.79 Å². The smallest absolute Gasteiger partial charge is 0.328 e. The molecule has 0 radical (unpaired) electrons. The van der Waals surface area contributed by atoms with Crippen LogP contribution in [0.25, 0.3) is 0 Å². The van der Waals surface area contributed by atoms with E-state index in [1.165, 1.54) is 11.1 Å². The monoisotopic (exact) mass is 247 g/mol. The zero-order valence-electron chi connectivity index (χ0n) is 10.7. The van der Waals surface area contributed by atoms with E-state index < -0.39 is 6.04 Å². The Morgan fingerprint density at radius 1 is 1.39 bits per heavy atom. The Kier molecular flexibility index (Phi) is 3.65. The molecule has 1 atom stereocenters. The first-order chi connectivity index (χ1) is 8.56. The zero-order chi connectivity index (χ0) is 13.1. The summed E-state index contributed by atoms with van der Waals surface area (Å²) in [5.74, 6) is -0.467. The molecule has 1 fully saturated rings. The van der Waals surface area contributed by atoms with Crippen LogP contribution < -0.4 is 5.32 Å². The first-order valence-corrected chi connectivity index (χ1v) is 6.08. The number of nitrogens with one attached hydrogen (secondary N) is 1. The molecule has 1 aromatic carbocycles. The van der Waals surface area contributed by atoms with Crippen LogP contribution in [0.3, 0.4) is 0 Å². The van der Waals surface area contributed by atoms with Crippen LogP contribution in [0, 0.1) is 13.8 Å². The first kappa shape index (κ1) is 12.6. The van der Waals surface area contributed by atoms with Crippen molar-refractivity contribution in [1.82, 2.24) is 5.32 Å². The fourth-order valence-corrected chi connectivity index (χ4v) is 1.97. The van der Waals surface area contributed by atoms with E-state index in [4.69, 9.17) is 4.74 Å². The van der Waals surface area contributed by atoms with E-state index in [2.05, 4.69) is 5.32 Å². The van der Waals surface area contributed by atoms with Gasteiger partial charge in [-0.2, -0.15) is 0 Å². The SMILES string of the molecule is Cc1ccc(CC(=O)NC2CCOC2=O)cc1C. The molecule has 2 rings (SSSR count). The van der Waals surface area contributed by atoms with Crippen molar-refractivity contribution in [2.45, 2.75) is 32.7 Å². The molecule has 1 N–H and O–H groups in total. The molecule has 18 heavy (non-hydrogen) atoms. The van der Waals surface area contributed by atoms with Gasteiger partial charge in [-0.05, 0) is 30.5 Å². The molecule has 4 heteroatoms. The Morgan fingerprint density at radius 2 is 2.17 bits per heavy atom. The number of ether oxygens (including phenoxy) is 1. The molecule has 0 spiro atoms. The minimum Gasteiger partial charge on any atom is -0.464 e. The van der Waals surface area contributed by atoms with Crippen LogP contribution in [-0.2, 0) is 20.7 Å². The Balaban J connectivity index is 1.94. The second kappa shape index (κ2) is 5.21. The lowest BCUT2D eigenvalue weighted by molar-refractivity contribution is -0.141. The van der Waals surface area contributed by atoms with Crippen molar-refractivity contribution < 1.29 is 14.3 Å². The van der Waals surface area contributed by atoms with Crippen molar-refractivity contribution in [3.63, 3.8) is 0 Å². The second-order valence-electron chi connectivity index (χ2n) is 4.67. The van der Waals surface area contributed by atoms with Gasteiger partial charge < -0.3 is 10.1 Å². The molecule has 0 saturated carbocycles. The number of cyclic esters (lactones) is 1. The van der Waals surface area contributed by atoms with Gasteiger partial charge in [-0.1, -0.05) is 18.2 Å². The van der Waals surface area contributed by atoms with Gasteiger partial charge in [-0.15, -0.1) is 0 Å². The van der Waals surface area contributed by atoms with E-state index in [0.29, 0.717) is 19.4 Å². The Hall–Kier alpha value is -1.84. The van der Waals surface area contributed by atoms with Crippen LogP contribution in [0.5, 0.6) is 0 Å². The predicted octanol–water partition coefficient (Wildman–Crippen LogP) is 1.28. The number of rotatable bonds is 3. The number of carbonyl (C=O) groups is 2. The fourth-order valence-electron chi connectivity index (χ4n) is 1.97. The summed E-state index contributed by atoms with van der Waals surface area (Å²) in [6.45, 7) is 4.45. The highest BCUT2D eigenvalue weighted by molar-refractivity contribution is 5.86. The third kappa shape index (κ3) is 2.88. The van der Waals surface area contributed by atoms with Crippen molar-refractivity contribution in [3.05, 3.63) is 34.9 Å². The van der Waals surface area contributed by atoms with E-state index in [1.54, 1.807) is 0 Å². The maximum absolute atomic E-state index is 11.8. The minimum atomic E-state index is -0.468. The maximum atomic E-state index is 11.8. The largest absolute Gasteiger partial charge is 0.464 e. The van der Waals surface area contributed by atoms with Gasteiger partial charge >= 0.3 is 5.97 Å². The van der Waals surface area contributed by atoms with Gasteiger partial charge in [0.15, 0.2) is 0 Å². The Morgan fingerprint density at radius 3 is 2.78 bits per heavy atom. The number of esters is 1. The topological polar surface area (TPSA) is 55.4 Å². The number of hydrogen-bond acceptors (Lipinski definition) is 3. The fraction of sp³-hybridized carbons (Fsp3) is 0.429. The van der Waals surface area contributed by atoms with E-state index >= 15 is 0 Å². The van der Waals surface area contributed by atoms with Crippen LogP contribution in [0.4, 0.5) is 0 Å². The van der Waals surface area contributed by atoms with Crippen molar-refractivity contribution in [2.24, 2.45) is 0 Å². The molecule has 0 aromatic heterocycles. The lowest BCUT2D eigenvalue weighted by Gasteiger charge is -2.09. The quantitative estimate of drug-likeness (QED) is 0.819. The average Bonchev–Trinajstić information content (AvgIpc) is 2.70. The van der Waals surface area contributed by atoms with Crippen molar-refractivity contribution in [1.29, 1.82) is 0 Å². The second-order valence-corrected chi connectivity index (χ2v) is 4.67. The van der Waals surface area contributed by atoms with E-state index in [-0.39, 0.29) is 11.9 Å². The minimum absolute atomic E-state index is 0.137. The van der Waals surface area contributed by atoms with E-state index in [1.807, 2.05) is 32.0 Å². The lowest BCUT2D eigenvalue weighted by atomic mass is 10.0. The molecule has 1 heterocycles. The average molecular weight is 247 g/mol. The van der Waals surface area contributed by atoms with Crippen LogP contribution in [0.2, 0.25) is 0 Å². The van der Waals surface area contributed by atoms with Crippen molar-refractivity contribution in [3.8, 4) is 0 Å². The van der Waals surface area contributed by atoms with Gasteiger partial charge in [0.2, 0.25) is 5.91 Å². The molecule has 1 saturated heterocycles. The maximum Gasteiger partial charge on any atom is 0.328 e. The van der Waals surface area contributed by atoms with E-state index in [9.17, 15) is 9.59 Å². The van der Waals surface area contributed by atoms with Gasteiger partial charge in [-0.3, -0.25) is 4.79 Å². The Bertz CT molecular complexity index is 482. The molecule has 1 aliphatic rings. The molecular weight excluding hydrogens is 230 g/mol. The highest BCUT2D eigenvalue weighted by Crippen LogP contribution is 2.11. The zero-order valence-corrected chi connectivity index (χ0v) is 10.7. The number of benzene rings is 1. The highest BCUT2D eigenvalue weighted by atomic mass is 16.5. The van der Waals surface area contributed by atoms with Gasteiger partial charge in [0, 0.05) is 6.42 Å².